The van der Waals surface area contributed by atoms with Crippen LogP contribution in [0.4, 0.5) is 11.4 Å². The van der Waals surface area contributed by atoms with E-state index in [4.69, 9.17) is 4.74 Å². The number of ether oxygens (including phenoxy) is 1. The van der Waals surface area contributed by atoms with E-state index in [9.17, 15) is 14.9 Å². The first-order chi connectivity index (χ1) is 8.93. The topological polar surface area (TPSA) is 93.5 Å². The molecule has 0 fully saturated rings. The Kier molecular flexibility index (Phi) is 5.25. The molecule has 0 unspecified atom stereocenters. The molecule has 2 N–H and O–H groups in total. The van der Waals surface area contributed by atoms with Gasteiger partial charge in [0.05, 0.1) is 24.3 Å². The van der Waals surface area contributed by atoms with Gasteiger partial charge in [0.1, 0.15) is 5.75 Å². The van der Waals surface area contributed by atoms with Gasteiger partial charge in [-0.1, -0.05) is 13.8 Å². The quantitative estimate of drug-likeness (QED) is 0.602. The maximum absolute atomic E-state index is 11.7. The lowest BCUT2D eigenvalue weighted by molar-refractivity contribution is -0.384. The van der Waals surface area contributed by atoms with Gasteiger partial charge in [-0.15, -0.1) is 0 Å². The minimum atomic E-state index is -0.526. The maximum Gasteiger partial charge on any atom is 0.271 e. The molecule has 0 aromatic heterocycles. The fourth-order valence-electron chi connectivity index (χ4n) is 1.40. The number of methoxy groups -OCH3 is 1. The van der Waals surface area contributed by atoms with Crippen LogP contribution in [-0.4, -0.2) is 30.5 Å². The molecule has 0 spiro atoms. The first-order valence-corrected chi connectivity index (χ1v) is 5.79. The molecule has 1 aromatic carbocycles. The van der Waals surface area contributed by atoms with Gasteiger partial charge in [0, 0.05) is 18.2 Å². The number of nitrogens with one attached hydrogen (secondary N) is 2. The van der Waals surface area contributed by atoms with Gasteiger partial charge in [-0.25, -0.2) is 0 Å². The highest BCUT2D eigenvalue weighted by molar-refractivity contribution is 5.94. The molecular formula is C12H17N3O4. The molecule has 1 rings (SSSR count). The van der Waals surface area contributed by atoms with Crippen molar-refractivity contribution in [2.24, 2.45) is 0 Å². The van der Waals surface area contributed by atoms with Crippen LogP contribution < -0.4 is 15.4 Å². The number of carbonyl (C=O) groups is 1. The van der Waals surface area contributed by atoms with Crippen molar-refractivity contribution in [1.82, 2.24) is 5.32 Å². The van der Waals surface area contributed by atoms with E-state index in [2.05, 4.69) is 10.6 Å². The molecule has 7 nitrogen and oxygen atoms in total. The van der Waals surface area contributed by atoms with Crippen LogP contribution in [0.2, 0.25) is 0 Å². The molecule has 0 radical (unpaired) electrons. The zero-order valence-corrected chi connectivity index (χ0v) is 11.1. The van der Waals surface area contributed by atoms with Crippen LogP contribution in [0.5, 0.6) is 5.75 Å². The molecule has 0 saturated carbocycles. The average Bonchev–Trinajstić information content (AvgIpc) is 2.36. The Morgan fingerprint density at radius 3 is 2.68 bits per heavy atom. The van der Waals surface area contributed by atoms with Crippen molar-refractivity contribution in [3.8, 4) is 5.75 Å². The predicted octanol–water partition coefficient (Wildman–Crippen LogP) is 1.54. The van der Waals surface area contributed by atoms with Gasteiger partial charge < -0.3 is 15.4 Å². The number of nitro groups is 1. The Hall–Kier alpha value is -2.15. The molecule has 0 aliphatic rings. The summed E-state index contributed by atoms with van der Waals surface area (Å²) in [4.78, 5) is 21.8. The number of rotatable bonds is 6. The lowest BCUT2D eigenvalue weighted by atomic mass is 10.2. The molecule has 1 amide bonds. The van der Waals surface area contributed by atoms with E-state index in [1.807, 2.05) is 13.8 Å². The number of non-ortho nitro benzene ring substituents is 1. The van der Waals surface area contributed by atoms with E-state index in [0.717, 1.165) is 0 Å². The number of nitro benzene ring substituents is 1. The highest BCUT2D eigenvalue weighted by atomic mass is 16.6. The van der Waals surface area contributed by atoms with Gasteiger partial charge in [0.2, 0.25) is 5.91 Å². The molecule has 0 heterocycles. The summed E-state index contributed by atoms with van der Waals surface area (Å²) in [6.07, 6.45) is 0. The van der Waals surface area contributed by atoms with E-state index in [0.29, 0.717) is 5.75 Å². The van der Waals surface area contributed by atoms with Gasteiger partial charge in [-0.3, -0.25) is 14.9 Å². The summed E-state index contributed by atoms with van der Waals surface area (Å²) < 4.78 is 5.05. The van der Waals surface area contributed by atoms with Crippen LogP contribution >= 0.6 is 0 Å². The first-order valence-electron chi connectivity index (χ1n) is 5.79. The number of carbonyl (C=O) groups excluding carboxylic acids is 1. The third-order valence-electron chi connectivity index (χ3n) is 2.34. The third-order valence-corrected chi connectivity index (χ3v) is 2.34. The monoisotopic (exact) mass is 267 g/mol. The number of hydrogen-bond donors (Lipinski definition) is 2. The second kappa shape index (κ2) is 6.69. The highest BCUT2D eigenvalue weighted by Crippen LogP contribution is 2.28. The second-order valence-electron chi connectivity index (χ2n) is 4.23. The Bertz CT molecular complexity index is 474. The maximum atomic E-state index is 11.7. The number of amides is 1. The predicted molar refractivity (Wildman–Crippen MR) is 71.4 cm³/mol. The molecule has 0 aliphatic carbocycles. The Balaban J connectivity index is 2.82. The van der Waals surface area contributed by atoms with E-state index in [1.54, 1.807) is 0 Å². The van der Waals surface area contributed by atoms with Crippen molar-refractivity contribution in [2.45, 2.75) is 19.9 Å². The van der Waals surface area contributed by atoms with Crippen LogP contribution in [0.3, 0.4) is 0 Å². The minimum Gasteiger partial charge on any atom is -0.495 e. The SMILES string of the molecule is COc1ccc([N+](=O)[O-])cc1NC(=O)CNC(C)C. The zero-order valence-electron chi connectivity index (χ0n) is 11.1. The molecule has 0 atom stereocenters. The van der Waals surface area contributed by atoms with Gasteiger partial charge in [-0.2, -0.15) is 0 Å². The van der Waals surface area contributed by atoms with Crippen LogP contribution in [0.25, 0.3) is 0 Å². The molecule has 0 aliphatic heterocycles. The Morgan fingerprint density at radius 1 is 1.47 bits per heavy atom. The smallest absolute Gasteiger partial charge is 0.271 e. The first kappa shape index (κ1) is 14.9. The normalized spacial score (nSPS) is 10.3. The van der Waals surface area contributed by atoms with Crippen molar-refractivity contribution in [3.05, 3.63) is 28.3 Å². The van der Waals surface area contributed by atoms with Crippen LogP contribution in [-0.2, 0) is 4.79 Å². The largest absolute Gasteiger partial charge is 0.495 e. The van der Waals surface area contributed by atoms with Crippen molar-refractivity contribution < 1.29 is 14.5 Å². The summed E-state index contributed by atoms with van der Waals surface area (Å²) in [6, 6.07) is 4.22. The molecule has 104 valence electrons. The van der Waals surface area contributed by atoms with E-state index < -0.39 is 4.92 Å². The van der Waals surface area contributed by atoms with E-state index >= 15 is 0 Å². The summed E-state index contributed by atoms with van der Waals surface area (Å²) in [5, 5.41) is 16.2. The van der Waals surface area contributed by atoms with Crippen molar-refractivity contribution in [3.63, 3.8) is 0 Å². The molecular weight excluding hydrogens is 250 g/mol. The van der Waals surface area contributed by atoms with Crippen LogP contribution in [0, 0.1) is 10.1 Å². The lowest BCUT2D eigenvalue weighted by Crippen LogP contribution is -2.32. The minimum absolute atomic E-state index is 0.104. The number of anilines is 1. The Labute approximate surface area is 111 Å². The van der Waals surface area contributed by atoms with Gasteiger partial charge >= 0.3 is 0 Å². The van der Waals surface area contributed by atoms with Crippen molar-refractivity contribution in [1.29, 1.82) is 0 Å². The van der Waals surface area contributed by atoms with E-state index in [-0.39, 0.29) is 29.9 Å². The summed E-state index contributed by atoms with van der Waals surface area (Å²) in [6.45, 7) is 3.96. The second-order valence-corrected chi connectivity index (χ2v) is 4.23. The fourth-order valence-corrected chi connectivity index (χ4v) is 1.40. The van der Waals surface area contributed by atoms with Crippen LogP contribution in [0.15, 0.2) is 18.2 Å². The molecule has 0 bridgehead atoms. The fraction of sp³-hybridized carbons (Fsp3) is 0.417. The molecule has 0 saturated heterocycles. The van der Waals surface area contributed by atoms with Gasteiger partial charge in [0.15, 0.2) is 0 Å². The van der Waals surface area contributed by atoms with Crippen molar-refractivity contribution >= 4 is 17.3 Å². The summed E-state index contributed by atoms with van der Waals surface area (Å²) in [7, 11) is 1.43. The summed E-state index contributed by atoms with van der Waals surface area (Å²) >= 11 is 0. The highest BCUT2D eigenvalue weighted by Gasteiger charge is 2.13. The molecule has 19 heavy (non-hydrogen) atoms. The zero-order chi connectivity index (χ0) is 14.4. The third kappa shape index (κ3) is 4.55. The van der Waals surface area contributed by atoms with Gasteiger partial charge in [-0.05, 0) is 6.07 Å². The van der Waals surface area contributed by atoms with E-state index in [1.165, 1.54) is 25.3 Å². The number of hydrogen-bond acceptors (Lipinski definition) is 5. The molecule has 7 heteroatoms. The Morgan fingerprint density at radius 2 is 2.16 bits per heavy atom. The lowest BCUT2D eigenvalue weighted by Gasteiger charge is -2.11. The number of benzene rings is 1. The summed E-state index contributed by atoms with van der Waals surface area (Å²) in [5.74, 6) is 0.0935. The molecule has 1 aromatic rings. The van der Waals surface area contributed by atoms with Crippen LogP contribution in [0.1, 0.15) is 13.8 Å². The van der Waals surface area contributed by atoms with Crippen molar-refractivity contribution in [2.75, 3.05) is 19.0 Å². The average molecular weight is 267 g/mol. The summed E-state index contributed by atoms with van der Waals surface area (Å²) in [5.41, 5.74) is 0.181. The van der Waals surface area contributed by atoms with Gasteiger partial charge in [0.25, 0.3) is 5.69 Å². The standard InChI is InChI=1S/C12H17N3O4/c1-8(2)13-7-12(16)14-10-6-9(15(17)18)4-5-11(10)19-3/h4-6,8,13H,7H2,1-3H3,(H,14,16). The number of nitrogens with zero attached hydrogens (tertiary/aromatic N) is 1.